The summed E-state index contributed by atoms with van der Waals surface area (Å²) >= 11 is 0. The van der Waals surface area contributed by atoms with Crippen LogP contribution in [0.3, 0.4) is 0 Å². The van der Waals surface area contributed by atoms with Crippen LogP contribution in [0.25, 0.3) is 11.3 Å². The zero-order chi connectivity index (χ0) is 21.3. The fraction of sp³-hybridized carbons (Fsp3) is 0.346. The molecule has 3 heteroatoms. The van der Waals surface area contributed by atoms with E-state index in [0.717, 1.165) is 29.5 Å². The van der Waals surface area contributed by atoms with Crippen LogP contribution in [0.5, 0.6) is 0 Å². The van der Waals surface area contributed by atoms with Gasteiger partial charge in [-0.2, -0.15) is 0 Å². The highest BCUT2D eigenvalue weighted by atomic mass is 16.4. The van der Waals surface area contributed by atoms with Crippen molar-refractivity contribution in [2.24, 2.45) is 0 Å². The topological polar surface area (TPSA) is 49.3 Å². The molecule has 1 unspecified atom stereocenters. The normalized spacial score (nSPS) is 15.8. The van der Waals surface area contributed by atoms with Gasteiger partial charge in [-0.25, -0.2) is 4.79 Å². The van der Waals surface area contributed by atoms with Gasteiger partial charge < -0.3 is 10.4 Å². The molecule has 0 radical (unpaired) electrons. The van der Waals surface area contributed by atoms with Gasteiger partial charge in [-0.1, -0.05) is 51.6 Å². The van der Waals surface area contributed by atoms with Gasteiger partial charge in [0.2, 0.25) is 0 Å². The van der Waals surface area contributed by atoms with Crippen LogP contribution >= 0.6 is 0 Å². The molecule has 0 fully saturated rings. The molecule has 29 heavy (non-hydrogen) atoms. The number of aryl methyl sites for hydroxylation is 1. The molecule has 3 rings (SSSR count). The third-order valence-corrected chi connectivity index (χ3v) is 6.02. The van der Waals surface area contributed by atoms with Crippen LogP contribution in [0, 0.1) is 6.92 Å². The predicted molar refractivity (Wildman–Crippen MR) is 121 cm³/mol. The number of carboxylic acid groups (broad SMARTS) is 1. The minimum atomic E-state index is -0.916. The first-order valence-corrected chi connectivity index (χ1v) is 10.3. The lowest BCUT2D eigenvalue weighted by molar-refractivity contribution is 0.0697. The minimum Gasteiger partial charge on any atom is -0.478 e. The summed E-state index contributed by atoms with van der Waals surface area (Å²) in [7, 11) is 0. The van der Waals surface area contributed by atoms with Gasteiger partial charge in [-0.05, 0) is 78.1 Å². The van der Waals surface area contributed by atoms with Gasteiger partial charge in [-0.3, -0.25) is 0 Å². The molecule has 3 nitrogen and oxygen atoms in total. The molecule has 152 valence electrons. The molecule has 0 heterocycles. The molecule has 0 saturated heterocycles. The SMILES string of the molecule is C=C(c1ccc(C(=O)O)cc1)c1cc2c(cc1C)C(C)(C)CC=C2NC(C)CC. The number of nitrogens with one attached hydrogen (secondary N) is 1. The van der Waals surface area contributed by atoms with Gasteiger partial charge >= 0.3 is 5.97 Å². The molecule has 1 atom stereocenters. The van der Waals surface area contributed by atoms with E-state index in [9.17, 15) is 4.79 Å². The molecule has 0 amide bonds. The smallest absolute Gasteiger partial charge is 0.335 e. The van der Waals surface area contributed by atoms with E-state index in [4.69, 9.17) is 5.11 Å². The highest BCUT2D eigenvalue weighted by Crippen LogP contribution is 2.41. The maximum absolute atomic E-state index is 11.1. The summed E-state index contributed by atoms with van der Waals surface area (Å²) in [4.78, 5) is 11.1. The summed E-state index contributed by atoms with van der Waals surface area (Å²) in [6, 6.07) is 11.9. The first-order chi connectivity index (χ1) is 13.6. The standard InChI is InChI=1S/C26H31NO2/c1-7-17(3)27-24-12-13-26(5,6)23-14-16(2)21(15-22(23)24)18(4)19-8-10-20(11-9-19)25(28)29/h8-12,14-15,17,27H,4,7,13H2,1-3,5-6H3,(H,28,29). The van der Waals surface area contributed by atoms with Gasteiger partial charge in [0.05, 0.1) is 5.56 Å². The number of rotatable bonds is 6. The van der Waals surface area contributed by atoms with E-state index in [2.05, 4.69) is 64.7 Å². The molecular formula is C26H31NO2. The van der Waals surface area contributed by atoms with Gasteiger partial charge in [0.25, 0.3) is 0 Å². The zero-order valence-corrected chi connectivity index (χ0v) is 18.1. The van der Waals surface area contributed by atoms with Crippen LogP contribution in [-0.2, 0) is 5.41 Å². The number of carboxylic acids is 1. The van der Waals surface area contributed by atoms with Crippen molar-refractivity contribution in [1.82, 2.24) is 5.32 Å². The number of hydrogen-bond donors (Lipinski definition) is 2. The monoisotopic (exact) mass is 389 g/mol. The van der Waals surface area contributed by atoms with Crippen molar-refractivity contribution >= 4 is 17.2 Å². The van der Waals surface area contributed by atoms with Crippen molar-refractivity contribution < 1.29 is 9.90 Å². The first kappa shape index (κ1) is 20.9. The van der Waals surface area contributed by atoms with E-state index in [-0.39, 0.29) is 11.0 Å². The molecule has 0 bridgehead atoms. The van der Waals surface area contributed by atoms with Crippen LogP contribution in [0.2, 0.25) is 0 Å². The molecule has 0 spiro atoms. The summed E-state index contributed by atoms with van der Waals surface area (Å²) in [5.74, 6) is -0.916. The van der Waals surface area contributed by atoms with Crippen LogP contribution in [0.4, 0.5) is 0 Å². The highest BCUT2D eigenvalue weighted by Gasteiger charge is 2.29. The van der Waals surface area contributed by atoms with Crippen molar-refractivity contribution in [2.45, 2.75) is 58.9 Å². The quantitative estimate of drug-likeness (QED) is 0.621. The van der Waals surface area contributed by atoms with Crippen LogP contribution < -0.4 is 5.32 Å². The Labute approximate surface area is 174 Å². The van der Waals surface area contributed by atoms with E-state index in [1.54, 1.807) is 12.1 Å². The highest BCUT2D eigenvalue weighted by molar-refractivity contribution is 5.89. The summed E-state index contributed by atoms with van der Waals surface area (Å²) in [6.07, 6.45) is 4.39. The van der Waals surface area contributed by atoms with Gasteiger partial charge in [0, 0.05) is 17.3 Å². The predicted octanol–water partition coefficient (Wildman–Crippen LogP) is 6.17. The molecule has 2 N–H and O–H groups in total. The fourth-order valence-electron chi connectivity index (χ4n) is 3.87. The molecule has 0 aromatic heterocycles. The lowest BCUT2D eigenvalue weighted by atomic mass is 9.73. The Kier molecular flexibility index (Phi) is 5.70. The van der Waals surface area contributed by atoms with Gasteiger partial charge in [0.15, 0.2) is 0 Å². The molecule has 2 aromatic carbocycles. The molecule has 2 aromatic rings. The van der Waals surface area contributed by atoms with Crippen molar-refractivity contribution in [3.8, 4) is 0 Å². The van der Waals surface area contributed by atoms with Crippen LogP contribution in [-0.4, -0.2) is 17.1 Å². The second kappa shape index (κ2) is 7.90. The Balaban J connectivity index is 2.05. The summed E-state index contributed by atoms with van der Waals surface area (Å²) in [5.41, 5.74) is 8.31. The summed E-state index contributed by atoms with van der Waals surface area (Å²) < 4.78 is 0. The third-order valence-electron chi connectivity index (χ3n) is 6.02. The van der Waals surface area contributed by atoms with E-state index in [0.29, 0.717) is 6.04 Å². The molecule has 1 aliphatic carbocycles. The Bertz CT molecular complexity index is 981. The molecular weight excluding hydrogens is 358 g/mol. The van der Waals surface area contributed by atoms with Gasteiger partial charge in [-0.15, -0.1) is 0 Å². The second-order valence-corrected chi connectivity index (χ2v) is 8.73. The summed E-state index contributed by atoms with van der Waals surface area (Å²) in [6.45, 7) is 15.4. The molecule has 0 saturated carbocycles. The van der Waals surface area contributed by atoms with Crippen molar-refractivity contribution in [3.63, 3.8) is 0 Å². The van der Waals surface area contributed by atoms with E-state index < -0.39 is 5.97 Å². The second-order valence-electron chi connectivity index (χ2n) is 8.73. The Hall–Kier alpha value is -2.81. The lowest BCUT2D eigenvalue weighted by Crippen LogP contribution is -2.30. The van der Waals surface area contributed by atoms with E-state index in [1.165, 1.54) is 22.4 Å². The van der Waals surface area contributed by atoms with E-state index >= 15 is 0 Å². The van der Waals surface area contributed by atoms with Crippen molar-refractivity contribution in [3.05, 3.63) is 82.4 Å². The first-order valence-electron chi connectivity index (χ1n) is 10.3. The van der Waals surface area contributed by atoms with E-state index in [1.807, 2.05) is 12.1 Å². The third kappa shape index (κ3) is 4.14. The van der Waals surface area contributed by atoms with Crippen LogP contribution in [0.15, 0.2) is 49.1 Å². The summed E-state index contributed by atoms with van der Waals surface area (Å²) in [5, 5.41) is 12.8. The van der Waals surface area contributed by atoms with Crippen molar-refractivity contribution in [1.29, 1.82) is 0 Å². The molecule has 0 aliphatic heterocycles. The lowest BCUT2D eigenvalue weighted by Gasteiger charge is -2.34. The average molecular weight is 390 g/mol. The fourth-order valence-corrected chi connectivity index (χ4v) is 3.87. The number of fused-ring (bicyclic) bond motifs is 1. The van der Waals surface area contributed by atoms with Gasteiger partial charge in [0.1, 0.15) is 0 Å². The largest absolute Gasteiger partial charge is 0.478 e. The number of carbonyl (C=O) groups is 1. The van der Waals surface area contributed by atoms with Crippen molar-refractivity contribution in [2.75, 3.05) is 0 Å². The Morgan fingerprint density at radius 2 is 1.83 bits per heavy atom. The number of hydrogen-bond acceptors (Lipinski definition) is 2. The maximum atomic E-state index is 11.1. The number of allylic oxidation sites excluding steroid dienone is 1. The zero-order valence-electron chi connectivity index (χ0n) is 18.1. The number of aromatic carboxylic acids is 1. The Morgan fingerprint density at radius 1 is 1.21 bits per heavy atom. The Morgan fingerprint density at radius 3 is 2.41 bits per heavy atom. The average Bonchev–Trinajstić information content (AvgIpc) is 2.69. The number of benzene rings is 2. The maximum Gasteiger partial charge on any atom is 0.335 e. The molecule has 1 aliphatic rings. The van der Waals surface area contributed by atoms with Crippen LogP contribution in [0.1, 0.15) is 78.7 Å². The minimum absolute atomic E-state index is 0.0870.